The highest BCUT2D eigenvalue weighted by Crippen LogP contribution is 2.19. The van der Waals surface area contributed by atoms with Gasteiger partial charge >= 0.3 is 0 Å². The maximum absolute atomic E-state index is 4.59. The Morgan fingerprint density at radius 1 is 1.32 bits per heavy atom. The number of nitrogens with one attached hydrogen (secondary N) is 1. The first-order valence-electron chi connectivity index (χ1n) is 8.72. The predicted octanol–water partition coefficient (Wildman–Crippen LogP) is 1.44. The molecule has 1 saturated heterocycles. The monoisotopic (exact) mass is 359 g/mol. The molecule has 0 aromatic carbocycles. The predicted molar refractivity (Wildman–Crippen MR) is 102 cm³/mol. The van der Waals surface area contributed by atoms with Crippen LogP contribution in [0.2, 0.25) is 0 Å². The highest BCUT2D eigenvalue weighted by atomic mass is 32.1. The zero-order valence-electron chi connectivity index (χ0n) is 14.9. The maximum Gasteiger partial charge on any atom is 0.205 e. The molecule has 8 heteroatoms. The van der Waals surface area contributed by atoms with Crippen LogP contribution in [0.5, 0.6) is 0 Å². The molecule has 7 nitrogen and oxygen atoms in total. The Kier molecular flexibility index (Phi) is 6.16. The standard InChI is InChI=1S/C17H25N7S/c1-3-15-21-17(25-22-15)24-11-9-23(10-12-24)16(18-2)20-8-6-14-5-4-7-19-13-14/h4-5,7,13H,3,6,8-12H2,1-2H3,(H,18,20). The summed E-state index contributed by atoms with van der Waals surface area (Å²) in [6.07, 6.45) is 5.55. The Balaban J connectivity index is 1.47. The van der Waals surface area contributed by atoms with Gasteiger partial charge in [-0.1, -0.05) is 13.0 Å². The average Bonchev–Trinajstić information content (AvgIpc) is 3.16. The molecule has 0 bridgehead atoms. The Morgan fingerprint density at radius 3 is 2.80 bits per heavy atom. The number of aliphatic imine (C=N–C) groups is 1. The molecule has 134 valence electrons. The third-order valence-electron chi connectivity index (χ3n) is 4.25. The van der Waals surface area contributed by atoms with Gasteiger partial charge in [-0.3, -0.25) is 9.98 Å². The maximum atomic E-state index is 4.59. The van der Waals surface area contributed by atoms with Crippen molar-refractivity contribution in [2.75, 3.05) is 44.7 Å². The van der Waals surface area contributed by atoms with Crippen molar-refractivity contribution in [3.05, 3.63) is 35.9 Å². The van der Waals surface area contributed by atoms with E-state index in [2.05, 4.69) is 47.4 Å². The molecule has 0 amide bonds. The summed E-state index contributed by atoms with van der Waals surface area (Å²) in [6, 6.07) is 4.07. The summed E-state index contributed by atoms with van der Waals surface area (Å²) in [6.45, 7) is 6.71. The molecule has 1 aliphatic heterocycles. The van der Waals surface area contributed by atoms with Gasteiger partial charge in [-0.15, -0.1) is 0 Å². The summed E-state index contributed by atoms with van der Waals surface area (Å²) in [5.41, 5.74) is 1.23. The third kappa shape index (κ3) is 4.66. The quantitative estimate of drug-likeness (QED) is 0.643. The van der Waals surface area contributed by atoms with Crippen LogP contribution in [0.1, 0.15) is 18.3 Å². The molecule has 3 heterocycles. The molecule has 0 unspecified atom stereocenters. The van der Waals surface area contributed by atoms with Gasteiger partial charge in [0.15, 0.2) is 5.96 Å². The number of pyridine rings is 1. The van der Waals surface area contributed by atoms with Gasteiger partial charge in [0.25, 0.3) is 0 Å². The van der Waals surface area contributed by atoms with E-state index in [0.717, 1.165) is 62.5 Å². The summed E-state index contributed by atoms with van der Waals surface area (Å²) >= 11 is 1.50. The molecular formula is C17H25N7S. The van der Waals surface area contributed by atoms with E-state index in [-0.39, 0.29) is 0 Å². The summed E-state index contributed by atoms with van der Waals surface area (Å²) < 4.78 is 4.38. The first kappa shape index (κ1) is 17.6. The normalized spacial score (nSPS) is 15.5. The van der Waals surface area contributed by atoms with Crippen LogP contribution in [0.15, 0.2) is 29.5 Å². The average molecular weight is 360 g/mol. The molecule has 25 heavy (non-hydrogen) atoms. The van der Waals surface area contributed by atoms with E-state index in [1.54, 1.807) is 6.20 Å². The van der Waals surface area contributed by atoms with Crippen LogP contribution in [-0.4, -0.2) is 65.0 Å². The van der Waals surface area contributed by atoms with Crippen molar-refractivity contribution in [1.82, 2.24) is 24.6 Å². The number of piperazine rings is 1. The second-order valence-electron chi connectivity index (χ2n) is 5.91. The Bertz CT molecular complexity index is 677. The minimum atomic E-state index is 0.856. The van der Waals surface area contributed by atoms with Crippen LogP contribution in [0, 0.1) is 0 Å². The molecule has 0 saturated carbocycles. The number of anilines is 1. The van der Waals surface area contributed by atoms with Gasteiger partial charge in [-0.25, -0.2) is 4.98 Å². The van der Waals surface area contributed by atoms with Crippen LogP contribution >= 0.6 is 11.5 Å². The number of guanidine groups is 1. The summed E-state index contributed by atoms with van der Waals surface area (Å²) in [7, 11) is 1.84. The molecule has 1 N–H and O–H groups in total. The number of hydrogen-bond donors (Lipinski definition) is 1. The zero-order chi connectivity index (χ0) is 17.5. The van der Waals surface area contributed by atoms with Crippen molar-refractivity contribution in [3.8, 4) is 0 Å². The molecule has 3 rings (SSSR count). The zero-order valence-corrected chi connectivity index (χ0v) is 15.7. The van der Waals surface area contributed by atoms with Crippen LogP contribution in [0.3, 0.4) is 0 Å². The molecule has 1 aliphatic rings. The van der Waals surface area contributed by atoms with Gasteiger partial charge in [0.2, 0.25) is 5.13 Å². The minimum Gasteiger partial charge on any atom is -0.356 e. The lowest BCUT2D eigenvalue weighted by atomic mass is 10.2. The van der Waals surface area contributed by atoms with E-state index in [1.165, 1.54) is 17.1 Å². The Hall–Kier alpha value is -2.22. The van der Waals surface area contributed by atoms with Gasteiger partial charge in [0.1, 0.15) is 5.82 Å². The van der Waals surface area contributed by atoms with E-state index in [4.69, 9.17) is 0 Å². The molecule has 0 aliphatic carbocycles. The largest absolute Gasteiger partial charge is 0.356 e. The van der Waals surface area contributed by atoms with Crippen molar-refractivity contribution in [2.24, 2.45) is 4.99 Å². The van der Waals surface area contributed by atoms with Crippen LogP contribution in [0.4, 0.5) is 5.13 Å². The van der Waals surface area contributed by atoms with Crippen molar-refractivity contribution in [1.29, 1.82) is 0 Å². The molecule has 0 spiro atoms. The highest BCUT2D eigenvalue weighted by molar-refractivity contribution is 7.09. The van der Waals surface area contributed by atoms with E-state index in [9.17, 15) is 0 Å². The number of rotatable bonds is 5. The van der Waals surface area contributed by atoms with Gasteiger partial charge < -0.3 is 15.1 Å². The second-order valence-corrected chi connectivity index (χ2v) is 6.64. The molecule has 2 aromatic heterocycles. The van der Waals surface area contributed by atoms with Crippen LogP contribution < -0.4 is 10.2 Å². The van der Waals surface area contributed by atoms with Gasteiger partial charge in [-0.2, -0.15) is 4.37 Å². The molecule has 0 atom stereocenters. The van der Waals surface area contributed by atoms with Crippen LogP contribution in [-0.2, 0) is 12.8 Å². The third-order valence-corrected chi connectivity index (χ3v) is 5.07. The summed E-state index contributed by atoms with van der Waals surface area (Å²) in [5, 5.41) is 4.50. The SMILES string of the molecule is CCc1nsc(N2CCN(C(=NC)NCCc3cccnc3)CC2)n1. The first-order valence-corrected chi connectivity index (χ1v) is 9.49. The van der Waals surface area contributed by atoms with Crippen molar-refractivity contribution in [2.45, 2.75) is 19.8 Å². The van der Waals surface area contributed by atoms with E-state index < -0.39 is 0 Å². The van der Waals surface area contributed by atoms with Crippen LogP contribution in [0.25, 0.3) is 0 Å². The van der Waals surface area contributed by atoms with Gasteiger partial charge in [-0.05, 0) is 18.1 Å². The van der Waals surface area contributed by atoms with Crippen molar-refractivity contribution in [3.63, 3.8) is 0 Å². The Labute approximate surface area is 153 Å². The van der Waals surface area contributed by atoms with Crippen molar-refractivity contribution >= 4 is 22.6 Å². The van der Waals surface area contributed by atoms with Gasteiger partial charge in [0, 0.05) is 70.1 Å². The number of aromatic nitrogens is 3. The molecule has 1 fully saturated rings. The topological polar surface area (TPSA) is 69.5 Å². The lowest BCUT2D eigenvalue weighted by molar-refractivity contribution is 0.372. The fourth-order valence-electron chi connectivity index (χ4n) is 2.82. The lowest BCUT2D eigenvalue weighted by Crippen LogP contribution is -2.52. The fourth-order valence-corrected chi connectivity index (χ4v) is 3.62. The first-order chi connectivity index (χ1) is 12.3. The molecule has 2 aromatic rings. The number of aryl methyl sites for hydroxylation is 1. The summed E-state index contributed by atoms with van der Waals surface area (Å²) in [5.74, 6) is 1.91. The Morgan fingerprint density at radius 2 is 2.16 bits per heavy atom. The fraction of sp³-hybridized carbons (Fsp3) is 0.529. The van der Waals surface area contributed by atoms with E-state index in [0.29, 0.717) is 0 Å². The lowest BCUT2D eigenvalue weighted by Gasteiger charge is -2.36. The molecule has 0 radical (unpaired) electrons. The smallest absolute Gasteiger partial charge is 0.205 e. The summed E-state index contributed by atoms with van der Waals surface area (Å²) in [4.78, 5) is 17.8. The van der Waals surface area contributed by atoms with Crippen molar-refractivity contribution < 1.29 is 0 Å². The number of hydrogen-bond acceptors (Lipinski definition) is 6. The second kappa shape index (κ2) is 8.75. The van der Waals surface area contributed by atoms with E-state index >= 15 is 0 Å². The van der Waals surface area contributed by atoms with E-state index in [1.807, 2.05) is 19.3 Å². The molecular weight excluding hydrogens is 334 g/mol. The number of nitrogens with zero attached hydrogens (tertiary/aromatic N) is 6. The minimum absolute atomic E-state index is 0.856. The highest BCUT2D eigenvalue weighted by Gasteiger charge is 2.21. The van der Waals surface area contributed by atoms with Gasteiger partial charge in [0.05, 0.1) is 0 Å².